The van der Waals surface area contributed by atoms with Gasteiger partial charge in [-0.3, -0.25) is 24.5 Å². The summed E-state index contributed by atoms with van der Waals surface area (Å²) in [6.07, 6.45) is 0. The zero-order chi connectivity index (χ0) is 22.6. The number of aliphatic carboxylic acids is 4. The van der Waals surface area contributed by atoms with Crippen LogP contribution in [-0.2, 0) is 30.3 Å². The second-order valence-electron chi connectivity index (χ2n) is 7.86. The molecule has 0 saturated carbocycles. The van der Waals surface area contributed by atoms with Crippen molar-refractivity contribution in [3.63, 3.8) is 0 Å². The Morgan fingerprint density at radius 2 is 0.806 bits per heavy atom. The number of rotatable bonds is 6. The molecular formula is C22H19NO8. The summed E-state index contributed by atoms with van der Waals surface area (Å²) in [4.78, 5) is 49.8. The fraction of sp³-hybridized carbons (Fsp3) is 0.273. The largest absolute Gasteiger partial charge is 0.481 e. The van der Waals surface area contributed by atoms with E-state index in [0.29, 0.717) is 0 Å². The molecule has 160 valence electrons. The van der Waals surface area contributed by atoms with E-state index in [2.05, 4.69) is 5.32 Å². The Labute approximate surface area is 175 Å². The Morgan fingerprint density at radius 3 is 1.03 bits per heavy atom. The maximum atomic E-state index is 12.5. The minimum Gasteiger partial charge on any atom is -0.481 e. The van der Waals surface area contributed by atoms with E-state index in [9.17, 15) is 39.6 Å². The third-order valence-electron chi connectivity index (χ3n) is 6.61. The van der Waals surface area contributed by atoms with E-state index in [1.54, 1.807) is 36.4 Å². The maximum Gasteiger partial charge on any atom is 0.309 e. The first-order valence-corrected chi connectivity index (χ1v) is 9.51. The number of carboxylic acids is 4. The van der Waals surface area contributed by atoms with Gasteiger partial charge in [0, 0.05) is 0 Å². The SMILES string of the molecule is O=C(O)[C@@H]1[C@@H](C(=O)O)C2(c3ccccc3)NC1(c1ccccc1)[C@@H](C(=O)O)[C@@H]2C(=O)O. The van der Waals surface area contributed by atoms with Gasteiger partial charge in [0.1, 0.15) is 0 Å². The summed E-state index contributed by atoms with van der Waals surface area (Å²) in [6.45, 7) is 0. The van der Waals surface area contributed by atoms with Crippen LogP contribution in [0.15, 0.2) is 60.7 Å². The van der Waals surface area contributed by atoms with Gasteiger partial charge in [-0.05, 0) is 11.1 Å². The number of hydrogen-bond acceptors (Lipinski definition) is 5. The van der Waals surface area contributed by atoms with E-state index >= 15 is 0 Å². The maximum absolute atomic E-state index is 12.5. The van der Waals surface area contributed by atoms with Crippen molar-refractivity contribution in [3.05, 3.63) is 71.8 Å². The Balaban J connectivity index is 2.16. The number of carbonyl (C=O) groups is 4. The first-order chi connectivity index (χ1) is 14.7. The molecular weight excluding hydrogens is 406 g/mol. The van der Waals surface area contributed by atoms with Crippen molar-refractivity contribution in [2.24, 2.45) is 23.7 Å². The average Bonchev–Trinajstić information content (AvgIpc) is 3.24. The lowest BCUT2D eigenvalue weighted by Crippen LogP contribution is -2.58. The van der Waals surface area contributed by atoms with Crippen LogP contribution in [-0.4, -0.2) is 44.3 Å². The zero-order valence-electron chi connectivity index (χ0n) is 16.0. The van der Waals surface area contributed by atoms with Crippen molar-refractivity contribution in [2.75, 3.05) is 0 Å². The topological polar surface area (TPSA) is 161 Å². The fourth-order valence-corrected chi connectivity index (χ4v) is 5.73. The second kappa shape index (κ2) is 6.92. The summed E-state index contributed by atoms with van der Waals surface area (Å²) < 4.78 is 0. The lowest BCUT2D eigenvalue weighted by atomic mass is 9.54. The van der Waals surface area contributed by atoms with Crippen LogP contribution in [0.1, 0.15) is 11.1 Å². The smallest absolute Gasteiger partial charge is 0.309 e. The Kier molecular flexibility index (Phi) is 4.58. The van der Waals surface area contributed by atoms with E-state index < -0.39 is 58.6 Å². The van der Waals surface area contributed by atoms with Crippen LogP contribution in [0.2, 0.25) is 0 Å². The van der Waals surface area contributed by atoms with Gasteiger partial charge in [0.25, 0.3) is 0 Å². The summed E-state index contributed by atoms with van der Waals surface area (Å²) in [6, 6.07) is 15.5. The van der Waals surface area contributed by atoms with Gasteiger partial charge >= 0.3 is 23.9 Å². The number of hydrogen-bond donors (Lipinski definition) is 5. The lowest BCUT2D eigenvalue weighted by molar-refractivity contribution is -0.172. The molecule has 4 rings (SSSR count). The molecule has 2 aromatic carbocycles. The van der Waals surface area contributed by atoms with Crippen LogP contribution in [0.4, 0.5) is 0 Å². The number of carboxylic acid groups (broad SMARTS) is 4. The molecule has 0 spiro atoms. The van der Waals surface area contributed by atoms with E-state index in [1.807, 2.05) is 0 Å². The molecule has 9 heteroatoms. The zero-order valence-corrected chi connectivity index (χ0v) is 16.0. The summed E-state index contributed by atoms with van der Waals surface area (Å²) in [5.74, 6) is -13.0. The molecule has 0 aliphatic carbocycles. The lowest BCUT2D eigenvalue weighted by Gasteiger charge is -2.43. The number of benzene rings is 2. The highest BCUT2D eigenvalue weighted by Gasteiger charge is 2.81. The van der Waals surface area contributed by atoms with Gasteiger partial charge < -0.3 is 20.4 Å². The van der Waals surface area contributed by atoms with Gasteiger partial charge in [0.2, 0.25) is 0 Å². The van der Waals surface area contributed by atoms with Crippen LogP contribution in [0.25, 0.3) is 0 Å². The Morgan fingerprint density at radius 1 is 0.548 bits per heavy atom. The predicted molar refractivity (Wildman–Crippen MR) is 104 cm³/mol. The molecule has 2 aromatic rings. The van der Waals surface area contributed by atoms with Gasteiger partial charge in [-0.25, -0.2) is 0 Å². The minimum absolute atomic E-state index is 0.211. The van der Waals surface area contributed by atoms with Gasteiger partial charge in [0.15, 0.2) is 0 Å². The molecule has 2 heterocycles. The highest BCUT2D eigenvalue weighted by Crippen LogP contribution is 2.66. The molecule has 0 radical (unpaired) electrons. The standard InChI is InChI=1S/C22H19NO8/c24-17(25)13-15(19(28)29)22(12-9-5-2-6-10-12)16(20(30)31)14(18(26)27)21(13,23-22)11-7-3-1-4-8-11/h1-10,13-16,23H,(H,24,25)(H,26,27)(H,28,29)(H,30,31)/t13-,14+,15-,16+,21?,22?. The predicted octanol–water partition coefficient (Wildman–Crippen LogP) is 1.20. The summed E-state index contributed by atoms with van der Waals surface area (Å²) in [5.41, 5.74) is -3.49. The monoisotopic (exact) mass is 425 g/mol. The van der Waals surface area contributed by atoms with Crippen molar-refractivity contribution in [1.29, 1.82) is 0 Å². The molecule has 0 aromatic heterocycles. The number of fused-ring (bicyclic) bond motifs is 2. The van der Waals surface area contributed by atoms with Gasteiger partial charge in [-0.2, -0.15) is 0 Å². The van der Waals surface area contributed by atoms with Gasteiger partial charge in [0.05, 0.1) is 34.7 Å². The quantitative estimate of drug-likeness (QED) is 0.458. The van der Waals surface area contributed by atoms with E-state index in [1.165, 1.54) is 24.3 Å². The van der Waals surface area contributed by atoms with E-state index in [-0.39, 0.29) is 11.1 Å². The third-order valence-corrected chi connectivity index (χ3v) is 6.61. The highest BCUT2D eigenvalue weighted by molar-refractivity contribution is 5.93. The Hall–Kier alpha value is -3.72. The second-order valence-corrected chi connectivity index (χ2v) is 7.86. The van der Waals surface area contributed by atoms with Gasteiger partial charge in [-0.1, -0.05) is 60.7 Å². The van der Waals surface area contributed by atoms with Crippen LogP contribution >= 0.6 is 0 Å². The normalized spacial score (nSPS) is 33.7. The van der Waals surface area contributed by atoms with Crippen LogP contribution in [0.3, 0.4) is 0 Å². The number of nitrogens with one attached hydrogen (secondary N) is 1. The molecule has 2 aliphatic heterocycles. The van der Waals surface area contributed by atoms with E-state index in [0.717, 1.165) is 0 Å². The highest BCUT2D eigenvalue weighted by atomic mass is 16.4. The first kappa shape index (κ1) is 20.5. The van der Waals surface area contributed by atoms with Crippen molar-refractivity contribution >= 4 is 23.9 Å². The average molecular weight is 425 g/mol. The summed E-state index contributed by atoms with van der Waals surface area (Å²) >= 11 is 0. The molecule has 0 amide bonds. The minimum atomic E-state index is -1.96. The molecule has 9 nitrogen and oxygen atoms in total. The molecule has 2 unspecified atom stereocenters. The summed E-state index contributed by atoms with van der Waals surface area (Å²) in [7, 11) is 0. The first-order valence-electron chi connectivity index (χ1n) is 9.51. The summed E-state index contributed by atoms with van der Waals surface area (Å²) in [5, 5.41) is 43.5. The van der Waals surface area contributed by atoms with Crippen molar-refractivity contribution in [2.45, 2.75) is 11.1 Å². The third kappa shape index (κ3) is 2.53. The van der Waals surface area contributed by atoms with Crippen molar-refractivity contribution in [3.8, 4) is 0 Å². The molecule has 2 saturated heterocycles. The van der Waals surface area contributed by atoms with Crippen LogP contribution in [0.5, 0.6) is 0 Å². The molecule has 2 bridgehead atoms. The van der Waals surface area contributed by atoms with Crippen molar-refractivity contribution in [1.82, 2.24) is 5.32 Å². The molecule has 2 aliphatic rings. The van der Waals surface area contributed by atoms with E-state index in [4.69, 9.17) is 0 Å². The van der Waals surface area contributed by atoms with Crippen molar-refractivity contribution < 1.29 is 39.6 Å². The molecule has 2 fully saturated rings. The fourth-order valence-electron chi connectivity index (χ4n) is 5.73. The van der Waals surface area contributed by atoms with Crippen LogP contribution in [0, 0.1) is 23.7 Å². The van der Waals surface area contributed by atoms with Crippen LogP contribution < -0.4 is 5.32 Å². The molecule has 5 N–H and O–H groups in total. The van der Waals surface area contributed by atoms with Gasteiger partial charge in [-0.15, -0.1) is 0 Å². The Bertz CT molecular complexity index is 942. The molecule has 31 heavy (non-hydrogen) atoms. The molecule has 6 atom stereocenters.